The maximum Gasteiger partial charge on any atom is 0.211 e. The molecule has 0 spiro atoms. The van der Waals surface area contributed by atoms with Gasteiger partial charge >= 0.3 is 0 Å². The fourth-order valence-electron chi connectivity index (χ4n) is 1.93. The quantitative estimate of drug-likeness (QED) is 0.780. The second-order valence-electron chi connectivity index (χ2n) is 7.74. The number of hydrogen-bond donors (Lipinski definition) is 1. The Morgan fingerprint density at radius 2 is 1.62 bits per heavy atom. The molecular weight excluding hydrogens is 290 g/mol. The molecule has 0 aliphatic heterocycles. The molecule has 0 aliphatic carbocycles. The van der Waals surface area contributed by atoms with Crippen LogP contribution in [0, 0.1) is 5.41 Å². The summed E-state index contributed by atoms with van der Waals surface area (Å²) in [5.74, 6) is 0. The molecule has 0 aromatic carbocycles. The largest absolute Gasteiger partial charge is 0.396 e. The van der Waals surface area contributed by atoms with Crippen LogP contribution in [0.3, 0.4) is 0 Å². The van der Waals surface area contributed by atoms with Gasteiger partial charge in [-0.2, -0.15) is 4.31 Å². The first kappa shape index (κ1) is 20.8. The molecule has 0 aromatic heterocycles. The van der Waals surface area contributed by atoms with Gasteiger partial charge in [0.05, 0.1) is 18.5 Å². The van der Waals surface area contributed by atoms with Crippen molar-refractivity contribution in [3.8, 4) is 0 Å². The van der Waals surface area contributed by atoms with Crippen molar-refractivity contribution in [2.24, 2.45) is 5.41 Å². The molecule has 0 aliphatic rings. The maximum absolute atomic E-state index is 12.0. The Hall–Kier alpha value is -0.170. The first-order valence-electron chi connectivity index (χ1n) is 7.43. The standard InChI is InChI=1S/C15H33NO4S/c1-12(14(2,3)4)20-13(9-10-17)11-16(15(5,6)7)21(8,18)19/h12-13,17H,9-11H2,1-8H3/t12-,13-/m0/s1. The van der Waals surface area contributed by atoms with Crippen LogP contribution in [0.1, 0.15) is 54.9 Å². The summed E-state index contributed by atoms with van der Waals surface area (Å²) in [6.07, 6.45) is 1.28. The zero-order chi connectivity index (χ0) is 17.1. The van der Waals surface area contributed by atoms with Gasteiger partial charge in [0.1, 0.15) is 0 Å². The molecule has 5 nitrogen and oxygen atoms in total. The number of aliphatic hydroxyl groups is 1. The summed E-state index contributed by atoms with van der Waals surface area (Å²) in [5.41, 5.74) is -0.555. The summed E-state index contributed by atoms with van der Waals surface area (Å²) in [4.78, 5) is 0. The van der Waals surface area contributed by atoms with Gasteiger partial charge in [-0.1, -0.05) is 20.8 Å². The van der Waals surface area contributed by atoms with E-state index < -0.39 is 15.6 Å². The monoisotopic (exact) mass is 323 g/mol. The van der Waals surface area contributed by atoms with Crippen LogP contribution in [0.25, 0.3) is 0 Å². The SMILES string of the molecule is C[C@H](O[C@@H](CCO)CN(C(C)(C)C)S(C)(=O)=O)C(C)(C)C. The Balaban J connectivity index is 5.13. The van der Waals surface area contributed by atoms with Crippen LogP contribution in [-0.2, 0) is 14.8 Å². The Morgan fingerprint density at radius 1 is 1.14 bits per heavy atom. The molecule has 0 bridgehead atoms. The molecule has 2 atom stereocenters. The average Bonchev–Trinajstić information content (AvgIpc) is 2.21. The highest BCUT2D eigenvalue weighted by atomic mass is 32.2. The number of hydrogen-bond acceptors (Lipinski definition) is 4. The Bertz CT molecular complexity index is 406. The van der Waals surface area contributed by atoms with Gasteiger partial charge in [0.15, 0.2) is 0 Å². The zero-order valence-electron chi connectivity index (χ0n) is 14.8. The predicted octanol–water partition coefficient (Wildman–Crippen LogP) is 2.25. The van der Waals surface area contributed by atoms with Crippen molar-refractivity contribution >= 4 is 10.0 Å². The second-order valence-corrected chi connectivity index (χ2v) is 9.65. The molecule has 0 unspecified atom stereocenters. The van der Waals surface area contributed by atoms with Gasteiger partial charge in [-0.15, -0.1) is 0 Å². The van der Waals surface area contributed by atoms with E-state index in [2.05, 4.69) is 20.8 Å². The lowest BCUT2D eigenvalue weighted by molar-refractivity contribution is -0.0721. The summed E-state index contributed by atoms with van der Waals surface area (Å²) in [7, 11) is -3.34. The molecule has 0 heterocycles. The summed E-state index contributed by atoms with van der Waals surface area (Å²) < 4.78 is 31.5. The van der Waals surface area contributed by atoms with E-state index in [0.717, 1.165) is 0 Å². The van der Waals surface area contributed by atoms with Crippen molar-refractivity contribution in [2.45, 2.75) is 72.6 Å². The lowest BCUT2D eigenvalue weighted by atomic mass is 9.90. The molecule has 128 valence electrons. The van der Waals surface area contributed by atoms with E-state index in [1.165, 1.54) is 10.6 Å². The molecule has 0 aromatic rings. The van der Waals surface area contributed by atoms with Crippen LogP contribution in [0.2, 0.25) is 0 Å². The molecule has 0 rings (SSSR count). The highest BCUT2D eigenvalue weighted by molar-refractivity contribution is 7.88. The van der Waals surface area contributed by atoms with E-state index in [4.69, 9.17) is 4.74 Å². The van der Waals surface area contributed by atoms with Gasteiger partial charge < -0.3 is 9.84 Å². The number of nitrogens with zero attached hydrogens (tertiary/aromatic N) is 1. The van der Waals surface area contributed by atoms with Crippen molar-refractivity contribution in [1.82, 2.24) is 4.31 Å². The minimum absolute atomic E-state index is 0.0245. The van der Waals surface area contributed by atoms with Gasteiger partial charge in [0.2, 0.25) is 10.0 Å². The summed E-state index contributed by atoms with van der Waals surface area (Å²) >= 11 is 0. The second kappa shape index (κ2) is 7.40. The van der Waals surface area contributed by atoms with Crippen molar-refractivity contribution in [2.75, 3.05) is 19.4 Å². The lowest BCUT2D eigenvalue weighted by Crippen LogP contribution is -2.50. The zero-order valence-corrected chi connectivity index (χ0v) is 15.6. The Kier molecular flexibility index (Phi) is 7.34. The molecular formula is C15H33NO4S. The van der Waals surface area contributed by atoms with Gasteiger partial charge in [0.25, 0.3) is 0 Å². The molecule has 0 saturated heterocycles. The highest BCUT2D eigenvalue weighted by Gasteiger charge is 2.33. The van der Waals surface area contributed by atoms with Gasteiger partial charge in [-0.25, -0.2) is 8.42 Å². The normalized spacial score (nSPS) is 17.0. The number of sulfonamides is 1. The van der Waals surface area contributed by atoms with Gasteiger partial charge in [-0.05, 0) is 39.5 Å². The van der Waals surface area contributed by atoms with Crippen LogP contribution >= 0.6 is 0 Å². The molecule has 0 radical (unpaired) electrons. The van der Waals surface area contributed by atoms with E-state index in [1.54, 1.807) is 0 Å². The molecule has 1 N–H and O–H groups in total. The summed E-state index contributed by atoms with van der Waals surface area (Å²) in [6.45, 7) is 14.0. The lowest BCUT2D eigenvalue weighted by Gasteiger charge is -2.38. The van der Waals surface area contributed by atoms with E-state index in [9.17, 15) is 13.5 Å². The Morgan fingerprint density at radius 3 is 1.90 bits per heavy atom. The van der Waals surface area contributed by atoms with Gasteiger partial charge in [-0.3, -0.25) is 0 Å². The van der Waals surface area contributed by atoms with Crippen molar-refractivity contribution in [3.63, 3.8) is 0 Å². The first-order valence-corrected chi connectivity index (χ1v) is 9.28. The van der Waals surface area contributed by atoms with Crippen LogP contribution in [0.15, 0.2) is 0 Å². The minimum atomic E-state index is -3.34. The number of ether oxygens (including phenoxy) is 1. The smallest absolute Gasteiger partial charge is 0.211 e. The van der Waals surface area contributed by atoms with E-state index in [1.807, 2.05) is 27.7 Å². The molecule has 0 fully saturated rings. The first-order chi connectivity index (χ1) is 9.19. The van der Waals surface area contributed by atoms with Crippen LogP contribution in [0.4, 0.5) is 0 Å². The fourth-order valence-corrected chi connectivity index (χ4v) is 3.36. The van der Waals surface area contributed by atoms with E-state index in [-0.39, 0.29) is 30.8 Å². The van der Waals surface area contributed by atoms with Crippen molar-refractivity contribution < 1.29 is 18.3 Å². The fraction of sp³-hybridized carbons (Fsp3) is 1.00. The van der Waals surface area contributed by atoms with Crippen LogP contribution in [-0.4, -0.2) is 55.0 Å². The molecule has 6 heteroatoms. The molecule has 0 amide bonds. The maximum atomic E-state index is 12.0. The third-order valence-corrected chi connectivity index (χ3v) is 5.08. The van der Waals surface area contributed by atoms with Crippen LogP contribution < -0.4 is 0 Å². The highest BCUT2D eigenvalue weighted by Crippen LogP contribution is 2.25. The van der Waals surface area contributed by atoms with Gasteiger partial charge in [0, 0.05) is 18.7 Å². The van der Waals surface area contributed by atoms with E-state index in [0.29, 0.717) is 6.42 Å². The number of rotatable bonds is 7. The predicted molar refractivity (Wildman–Crippen MR) is 86.8 cm³/mol. The van der Waals surface area contributed by atoms with Crippen LogP contribution in [0.5, 0.6) is 0 Å². The van der Waals surface area contributed by atoms with E-state index >= 15 is 0 Å². The molecule has 0 saturated carbocycles. The molecule has 21 heavy (non-hydrogen) atoms. The minimum Gasteiger partial charge on any atom is -0.396 e. The Labute approximate surface area is 130 Å². The van der Waals surface area contributed by atoms with Crippen molar-refractivity contribution in [1.29, 1.82) is 0 Å². The summed E-state index contributed by atoms with van der Waals surface area (Å²) in [6, 6.07) is 0. The number of aliphatic hydroxyl groups excluding tert-OH is 1. The topological polar surface area (TPSA) is 66.8 Å². The van der Waals surface area contributed by atoms with Crippen molar-refractivity contribution in [3.05, 3.63) is 0 Å². The third-order valence-electron chi connectivity index (χ3n) is 3.59. The third kappa shape index (κ3) is 7.58. The average molecular weight is 323 g/mol. The summed E-state index contributed by atoms with van der Waals surface area (Å²) in [5, 5.41) is 9.22.